The number of aromatic hydroxyl groups is 1. The number of anilines is 2. The summed E-state index contributed by atoms with van der Waals surface area (Å²) in [5.41, 5.74) is 5.56. The summed E-state index contributed by atoms with van der Waals surface area (Å²) in [4.78, 5) is 15.4. The first-order chi connectivity index (χ1) is 15.0. The Balaban J connectivity index is 1.92. The number of rotatable bonds is 2. The molecule has 3 heteroatoms. The van der Waals surface area contributed by atoms with E-state index >= 15 is 0 Å². The van der Waals surface area contributed by atoms with Crippen LogP contribution in [0.25, 0.3) is 11.6 Å². The first-order valence-corrected chi connectivity index (χ1v) is 11.1. The van der Waals surface area contributed by atoms with Gasteiger partial charge in [0.25, 0.3) is 5.91 Å². The molecule has 0 atom stereocenters. The van der Waals surface area contributed by atoms with Crippen molar-refractivity contribution in [3.05, 3.63) is 89.0 Å². The maximum atomic E-state index is 13.6. The molecule has 3 aromatic rings. The third kappa shape index (κ3) is 3.84. The van der Waals surface area contributed by atoms with E-state index in [4.69, 9.17) is 0 Å². The molecule has 0 unspecified atom stereocenters. The van der Waals surface area contributed by atoms with E-state index in [0.717, 1.165) is 33.6 Å². The number of amides is 1. The van der Waals surface area contributed by atoms with Gasteiger partial charge in [0.15, 0.2) is 0 Å². The Labute approximate surface area is 191 Å². The lowest BCUT2D eigenvalue weighted by molar-refractivity contribution is -0.112. The number of hydrogen-bond donors (Lipinski definition) is 1. The molecule has 0 saturated heterocycles. The fraction of sp³-hybridized carbons (Fsp3) is 0.276. The highest BCUT2D eigenvalue weighted by molar-refractivity contribution is 6.38. The predicted molar refractivity (Wildman–Crippen MR) is 133 cm³/mol. The van der Waals surface area contributed by atoms with E-state index < -0.39 is 0 Å². The molecule has 3 aromatic carbocycles. The molecule has 3 nitrogen and oxygen atoms in total. The number of fused-ring (bicyclic) bond motifs is 1. The Bertz CT molecular complexity index is 1170. The van der Waals surface area contributed by atoms with Gasteiger partial charge in [-0.25, -0.2) is 0 Å². The Morgan fingerprint density at radius 1 is 0.781 bits per heavy atom. The van der Waals surface area contributed by atoms with E-state index in [1.807, 2.05) is 72.8 Å². The molecule has 0 bridgehead atoms. The van der Waals surface area contributed by atoms with Gasteiger partial charge in [0.05, 0.1) is 11.3 Å². The van der Waals surface area contributed by atoms with Gasteiger partial charge in [-0.1, -0.05) is 77.9 Å². The molecule has 0 radical (unpaired) electrons. The molecule has 0 fully saturated rings. The van der Waals surface area contributed by atoms with Crippen LogP contribution in [-0.2, 0) is 15.6 Å². The lowest BCUT2D eigenvalue weighted by atomic mass is 9.78. The Hall–Kier alpha value is -3.33. The van der Waals surface area contributed by atoms with Gasteiger partial charge in [0, 0.05) is 22.4 Å². The summed E-state index contributed by atoms with van der Waals surface area (Å²) in [6.45, 7) is 12.6. The average molecular weight is 426 g/mol. The molecule has 0 aliphatic carbocycles. The van der Waals surface area contributed by atoms with E-state index in [2.05, 4.69) is 41.5 Å². The van der Waals surface area contributed by atoms with Crippen LogP contribution in [0.4, 0.5) is 11.4 Å². The lowest BCUT2D eigenvalue weighted by Crippen LogP contribution is -2.20. The van der Waals surface area contributed by atoms with Crippen molar-refractivity contribution >= 4 is 28.9 Å². The molecule has 32 heavy (non-hydrogen) atoms. The molecule has 1 aliphatic heterocycles. The molecule has 1 heterocycles. The summed E-state index contributed by atoms with van der Waals surface area (Å²) < 4.78 is 0. The van der Waals surface area contributed by atoms with E-state index in [-0.39, 0.29) is 16.7 Å². The van der Waals surface area contributed by atoms with Crippen LogP contribution in [0.15, 0.2) is 66.7 Å². The van der Waals surface area contributed by atoms with Gasteiger partial charge in [-0.2, -0.15) is 0 Å². The number of phenols is 1. The summed E-state index contributed by atoms with van der Waals surface area (Å²) in [6.07, 6.45) is 1.97. The predicted octanol–water partition coefficient (Wildman–Crippen LogP) is 7.21. The van der Waals surface area contributed by atoms with Crippen molar-refractivity contribution in [3.8, 4) is 5.75 Å². The smallest absolute Gasteiger partial charge is 0.263 e. The largest absolute Gasteiger partial charge is 0.507 e. The third-order valence-corrected chi connectivity index (χ3v) is 5.94. The molecule has 4 rings (SSSR count). The SMILES string of the molecule is CC(C)(C)c1cc(C=C2C(=O)N(c3ccccc3)c3ccccc32)cc(C(C)(C)C)c1O. The molecule has 0 saturated carbocycles. The Morgan fingerprint density at radius 3 is 1.88 bits per heavy atom. The van der Waals surface area contributed by atoms with E-state index in [1.54, 1.807) is 4.90 Å². The van der Waals surface area contributed by atoms with Crippen LogP contribution in [-0.4, -0.2) is 11.0 Å². The fourth-order valence-electron chi connectivity index (χ4n) is 4.26. The molecular formula is C29H31NO2. The molecule has 1 aliphatic rings. The minimum atomic E-state index is -0.230. The van der Waals surface area contributed by atoms with Gasteiger partial charge in [-0.05, 0) is 52.8 Å². The van der Waals surface area contributed by atoms with Crippen LogP contribution in [0.5, 0.6) is 5.75 Å². The third-order valence-electron chi connectivity index (χ3n) is 5.94. The van der Waals surface area contributed by atoms with Crippen molar-refractivity contribution in [1.29, 1.82) is 0 Å². The summed E-state index contributed by atoms with van der Waals surface area (Å²) in [7, 11) is 0. The molecule has 0 spiro atoms. The van der Waals surface area contributed by atoms with Gasteiger partial charge in [0.1, 0.15) is 5.75 Å². The number of benzene rings is 3. The zero-order chi connectivity index (χ0) is 23.3. The van der Waals surface area contributed by atoms with E-state index in [0.29, 0.717) is 11.3 Å². The maximum absolute atomic E-state index is 13.6. The molecule has 164 valence electrons. The number of nitrogens with zero attached hydrogens (tertiary/aromatic N) is 1. The molecule has 0 aromatic heterocycles. The average Bonchev–Trinajstić information content (AvgIpc) is 2.99. The quantitative estimate of drug-likeness (QED) is 0.441. The summed E-state index contributed by atoms with van der Waals surface area (Å²) in [5.74, 6) is 0.302. The van der Waals surface area contributed by atoms with Crippen molar-refractivity contribution in [2.75, 3.05) is 4.90 Å². The van der Waals surface area contributed by atoms with Gasteiger partial charge in [-0.15, -0.1) is 0 Å². The van der Waals surface area contributed by atoms with Crippen LogP contribution < -0.4 is 4.90 Å². The zero-order valence-electron chi connectivity index (χ0n) is 19.7. The monoisotopic (exact) mass is 425 g/mol. The standard InChI is InChI=1S/C29H31NO2/c1-28(2,3)23-17-19(18-24(26(23)31)29(4,5)6)16-22-21-14-10-11-15-25(21)30(27(22)32)20-12-8-7-9-13-20/h7-18,31H,1-6H3. The number of carbonyl (C=O) groups excluding carboxylic acids is 1. The number of para-hydroxylation sites is 2. The van der Waals surface area contributed by atoms with Crippen LogP contribution in [0, 0.1) is 0 Å². The molecule has 1 N–H and O–H groups in total. The topological polar surface area (TPSA) is 40.5 Å². The number of phenolic OH excluding ortho intramolecular Hbond substituents is 1. The van der Waals surface area contributed by atoms with Crippen LogP contribution in [0.1, 0.15) is 63.8 Å². The summed E-state index contributed by atoms with van der Waals surface area (Å²) >= 11 is 0. The van der Waals surface area contributed by atoms with Crippen molar-refractivity contribution in [2.24, 2.45) is 0 Å². The van der Waals surface area contributed by atoms with Crippen LogP contribution in [0.3, 0.4) is 0 Å². The second-order valence-electron chi connectivity index (χ2n) is 10.5. The fourth-order valence-corrected chi connectivity index (χ4v) is 4.26. The van der Waals surface area contributed by atoms with Crippen LogP contribution in [0.2, 0.25) is 0 Å². The van der Waals surface area contributed by atoms with Gasteiger partial charge < -0.3 is 5.11 Å². The zero-order valence-corrected chi connectivity index (χ0v) is 19.7. The number of hydrogen-bond acceptors (Lipinski definition) is 2. The first kappa shape index (κ1) is 21.9. The van der Waals surface area contributed by atoms with Crippen molar-refractivity contribution in [2.45, 2.75) is 52.4 Å². The minimum Gasteiger partial charge on any atom is -0.507 e. The minimum absolute atomic E-state index is 0.0416. The van der Waals surface area contributed by atoms with Crippen molar-refractivity contribution < 1.29 is 9.90 Å². The van der Waals surface area contributed by atoms with Crippen molar-refractivity contribution in [1.82, 2.24) is 0 Å². The van der Waals surface area contributed by atoms with Crippen molar-refractivity contribution in [3.63, 3.8) is 0 Å². The Morgan fingerprint density at radius 2 is 1.31 bits per heavy atom. The lowest BCUT2D eigenvalue weighted by Gasteiger charge is -2.28. The Kier molecular flexibility index (Phi) is 5.24. The number of carbonyl (C=O) groups is 1. The van der Waals surface area contributed by atoms with E-state index in [9.17, 15) is 9.90 Å². The summed E-state index contributed by atoms with van der Waals surface area (Å²) in [5, 5.41) is 11.0. The molecular weight excluding hydrogens is 394 g/mol. The highest BCUT2D eigenvalue weighted by Crippen LogP contribution is 2.44. The second kappa shape index (κ2) is 7.67. The normalized spacial score (nSPS) is 15.4. The van der Waals surface area contributed by atoms with Gasteiger partial charge >= 0.3 is 0 Å². The van der Waals surface area contributed by atoms with E-state index in [1.165, 1.54) is 0 Å². The van der Waals surface area contributed by atoms with Gasteiger partial charge in [-0.3, -0.25) is 9.69 Å². The van der Waals surface area contributed by atoms with Crippen LogP contribution >= 0.6 is 0 Å². The second-order valence-corrected chi connectivity index (χ2v) is 10.5. The highest BCUT2D eigenvalue weighted by atomic mass is 16.3. The summed E-state index contributed by atoms with van der Waals surface area (Å²) in [6, 6.07) is 21.7. The molecule has 1 amide bonds. The van der Waals surface area contributed by atoms with Gasteiger partial charge in [0.2, 0.25) is 0 Å². The highest BCUT2D eigenvalue weighted by Gasteiger charge is 2.33. The maximum Gasteiger partial charge on any atom is 0.263 e. The first-order valence-electron chi connectivity index (χ1n) is 11.1.